The molecular weight excluding hydrogens is 451 g/mol. The SMILES string of the molecule is [B]c1cc(O)cc(N(c2ccc(C)cc2)c2ccc(N(c3ccc(C)cc3)c3cccc(C)c3)cc2)c1. The molecule has 0 saturated carbocycles. The highest BCUT2D eigenvalue weighted by molar-refractivity contribution is 6.32. The first kappa shape index (κ1) is 24.3. The van der Waals surface area contributed by atoms with Gasteiger partial charge in [0.1, 0.15) is 13.6 Å². The highest BCUT2D eigenvalue weighted by Crippen LogP contribution is 2.39. The van der Waals surface area contributed by atoms with Gasteiger partial charge in [-0.25, -0.2) is 0 Å². The third-order valence-corrected chi connectivity index (χ3v) is 6.39. The van der Waals surface area contributed by atoms with Crippen LogP contribution in [0.25, 0.3) is 0 Å². The minimum atomic E-state index is 0.133. The van der Waals surface area contributed by atoms with E-state index in [4.69, 9.17) is 7.85 Å². The summed E-state index contributed by atoms with van der Waals surface area (Å²) in [6, 6.07) is 39.1. The molecule has 0 atom stereocenters. The lowest BCUT2D eigenvalue weighted by atomic mass is 9.95. The highest BCUT2D eigenvalue weighted by Gasteiger charge is 2.16. The van der Waals surface area contributed by atoms with Gasteiger partial charge in [0.15, 0.2) is 0 Å². The molecule has 5 aromatic rings. The van der Waals surface area contributed by atoms with Crippen molar-refractivity contribution in [2.45, 2.75) is 20.8 Å². The number of phenols is 1. The summed E-state index contributed by atoms with van der Waals surface area (Å²) in [5.41, 5.74) is 10.1. The molecule has 180 valence electrons. The summed E-state index contributed by atoms with van der Waals surface area (Å²) in [5.74, 6) is 0.133. The summed E-state index contributed by atoms with van der Waals surface area (Å²) in [5, 5.41) is 10.3. The van der Waals surface area contributed by atoms with Gasteiger partial charge in [-0.3, -0.25) is 0 Å². The minimum Gasteiger partial charge on any atom is -0.508 e. The molecule has 4 heteroatoms. The van der Waals surface area contributed by atoms with E-state index in [1.807, 2.05) is 6.07 Å². The molecule has 0 bridgehead atoms. The van der Waals surface area contributed by atoms with Gasteiger partial charge in [0.05, 0.1) is 0 Å². The fourth-order valence-electron chi connectivity index (χ4n) is 4.55. The summed E-state index contributed by atoms with van der Waals surface area (Å²) < 4.78 is 0. The minimum absolute atomic E-state index is 0.133. The van der Waals surface area contributed by atoms with Crippen molar-refractivity contribution >= 4 is 47.4 Å². The van der Waals surface area contributed by atoms with Crippen molar-refractivity contribution < 1.29 is 5.11 Å². The maximum atomic E-state index is 10.3. The van der Waals surface area contributed by atoms with Gasteiger partial charge < -0.3 is 14.9 Å². The molecule has 37 heavy (non-hydrogen) atoms. The fraction of sp³-hybridized carbons (Fsp3) is 0.0909. The number of aryl methyl sites for hydroxylation is 3. The quantitative estimate of drug-likeness (QED) is 0.249. The van der Waals surface area contributed by atoms with Crippen LogP contribution in [-0.2, 0) is 0 Å². The Bertz CT molecular complexity index is 1490. The molecular formula is C33H29BN2O. The second kappa shape index (κ2) is 10.3. The van der Waals surface area contributed by atoms with Crippen LogP contribution in [0.4, 0.5) is 34.1 Å². The van der Waals surface area contributed by atoms with E-state index >= 15 is 0 Å². The van der Waals surface area contributed by atoms with Gasteiger partial charge in [0.2, 0.25) is 0 Å². The van der Waals surface area contributed by atoms with Crippen LogP contribution in [0.3, 0.4) is 0 Å². The second-order valence-corrected chi connectivity index (χ2v) is 9.48. The van der Waals surface area contributed by atoms with Gasteiger partial charge in [0.25, 0.3) is 0 Å². The Hall–Kier alpha value is -4.44. The van der Waals surface area contributed by atoms with Gasteiger partial charge in [-0.15, -0.1) is 0 Å². The predicted molar refractivity (Wildman–Crippen MR) is 157 cm³/mol. The zero-order valence-electron chi connectivity index (χ0n) is 21.4. The van der Waals surface area contributed by atoms with Gasteiger partial charge in [-0.2, -0.15) is 0 Å². The van der Waals surface area contributed by atoms with E-state index in [9.17, 15) is 5.11 Å². The van der Waals surface area contributed by atoms with Crippen LogP contribution >= 0.6 is 0 Å². The molecule has 0 aromatic heterocycles. The third kappa shape index (κ3) is 5.39. The highest BCUT2D eigenvalue weighted by atomic mass is 16.3. The third-order valence-electron chi connectivity index (χ3n) is 6.39. The van der Waals surface area contributed by atoms with Crippen molar-refractivity contribution in [3.63, 3.8) is 0 Å². The number of aromatic hydroxyl groups is 1. The van der Waals surface area contributed by atoms with Crippen molar-refractivity contribution in [1.29, 1.82) is 0 Å². The van der Waals surface area contributed by atoms with Crippen molar-refractivity contribution in [2.75, 3.05) is 9.80 Å². The normalized spacial score (nSPS) is 10.8. The Balaban J connectivity index is 1.60. The lowest BCUT2D eigenvalue weighted by Crippen LogP contribution is -2.14. The summed E-state index contributed by atoms with van der Waals surface area (Å²) >= 11 is 0. The van der Waals surface area contributed by atoms with Crippen LogP contribution in [-0.4, -0.2) is 13.0 Å². The standard InChI is InChI=1S/C33H29BN2O/c1-23-7-11-27(12-8-23)35(31-6-4-5-25(3)19-31)29-15-17-30(18-16-29)36(28-13-9-24(2)10-14-28)32-20-26(34)21-33(37)22-32/h4-22,37H,1-3H3. The molecule has 0 fully saturated rings. The van der Waals surface area contributed by atoms with Crippen molar-refractivity contribution in [2.24, 2.45) is 0 Å². The van der Waals surface area contributed by atoms with Gasteiger partial charge in [-0.1, -0.05) is 53.0 Å². The maximum absolute atomic E-state index is 10.3. The molecule has 0 aliphatic rings. The van der Waals surface area contributed by atoms with Gasteiger partial charge >= 0.3 is 0 Å². The zero-order chi connectivity index (χ0) is 25.9. The second-order valence-electron chi connectivity index (χ2n) is 9.48. The Morgan fingerprint density at radius 1 is 0.459 bits per heavy atom. The summed E-state index contributed by atoms with van der Waals surface area (Å²) in [6.07, 6.45) is 0. The van der Waals surface area contributed by atoms with Crippen LogP contribution in [0.1, 0.15) is 16.7 Å². The van der Waals surface area contributed by atoms with E-state index in [0.29, 0.717) is 5.46 Å². The summed E-state index contributed by atoms with van der Waals surface area (Å²) in [6.45, 7) is 6.28. The average Bonchev–Trinajstić information content (AvgIpc) is 2.87. The molecule has 1 N–H and O–H groups in total. The van der Waals surface area contributed by atoms with E-state index in [1.165, 1.54) is 16.7 Å². The van der Waals surface area contributed by atoms with E-state index in [1.54, 1.807) is 12.1 Å². The van der Waals surface area contributed by atoms with Crippen molar-refractivity contribution in [1.82, 2.24) is 0 Å². The van der Waals surface area contributed by atoms with Crippen LogP contribution in [0, 0.1) is 20.8 Å². The van der Waals surface area contributed by atoms with E-state index in [2.05, 4.69) is 128 Å². The number of hydrogen-bond acceptors (Lipinski definition) is 3. The molecule has 0 aliphatic heterocycles. The molecule has 5 aromatic carbocycles. The maximum Gasteiger partial charge on any atom is 0.117 e. The molecule has 5 rings (SSSR count). The van der Waals surface area contributed by atoms with Crippen LogP contribution in [0.15, 0.2) is 115 Å². The molecule has 0 unspecified atom stereocenters. The Labute approximate surface area is 220 Å². The Kier molecular flexibility index (Phi) is 6.74. The number of benzene rings is 5. The van der Waals surface area contributed by atoms with E-state index in [0.717, 1.165) is 34.1 Å². The lowest BCUT2D eigenvalue weighted by Gasteiger charge is -2.29. The number of nitrogens with zero attached hydrogens (tertiary/aromatic N) is 2. The Morgan fingerprint density at radius 3 is 1.38 bits per heavy atom. The number of rotatable bonds is 6. The first-order valence-electron chi connectivity index (χ1n) is 12.4. The molecule has 2 radical (unpaired) electrons. The van der Waals surface area contributed by atoms with Crippen LogP contribution in [0.5, 0.6) is 5.75 Å². The van der Waals surface area contributed by atoms with Gasteiger partial charge in [-0.05, 0) is 99.1 Å². The van der Waals surface area contributed by atoms with Crippen molar-refractivity contribution in [3.8, 4) is 5.75 Å². The topological polar surface area (TPSA) is 26.7 Å². The van der Waals surface area contributed by atoms with Crippen molar-refractivity contribution in [3.05, 3.63) is 132 Å². The zero-order valence-corrected chi connectivity index (χ0v) is 21.4. The molecule has 0 spiro atoms. The largest absolute Gasteiger partial charge is 0.508 e. The fourth-order valence-corrected chi connectivity index (χ4v) is 4.55. The predicted octanol–water partition coefficient (Wildman–Crippen LogP) is 8.05. The molecule has 0 heterocycles. The van der Waals surface area contributed by atoms with E-state index in [-0.39, 0.29) is 5.75 Å². The summed E-state index contributed by atoms with van der Waals surface area (Å²) in [7, 11) is 6.10. The van der Waals surface area contributed by atoms with Gasteiger partial charge in [0, 0.05) is 40.2 Å². The van der Waals surface area contributed by atoms with Crippen LogP contribution < -0.4 is 15.3 Å². The van der Waals surface area contributed by atoms with E-state index < -0.39 is 0 Å². The molecule has 3 nitrogen and oxygen atoms in total. The number of anilines is 6. The first-order chi connectivity index (χ1) is 17.9. The molecule has 0 amide bonds. The monoisotopic (exact) mass is 480 g/mol. The smallest absolute Gasteiger partial charge is 0.117 e. The first-order valence-corrected chi connectivity index (χ1v) is 12.4. The lowest BCUT2D eigenvalue weighted by molar-refractivity contribution is 0.476. The molecule has 0 aliphatic carbocycles. The number of hydrogen-bond donors (Lipinski definition) is 1. The Morgan fingerprint density at radius 2 is 0.919 bits per heavy atom. The average molecular weight is 480 g/mol. The number of phenolic OH excluding ortho intramolecular Hbond substituents is 1. The summed E-state index contributed by atoms with van der Waals surface area (Å²) in [4.78, 5) is 4.36. The van der Waals surface area contributed by atoms with Crippen LogP contribution in [0.2, 0.25) is 0 Å². The molecule has 0 saturated heterocycles.